The molecule has 22 heavy (non-hydrogen) atoms. The van der Waals surface area contributed by atoms with E-state index in [1.165, 1.54) is 0 Å². The summed E-state index contributed by atoms with van der Waals surface area (Å²) in [6.45, 7) is 2.54. The van der Waals surface area contributed by atoms with Crippen LogP contribution in [-0.4, -0.2) is 13.7 Å². The Bertz CT molecular complexity index is 847. The van der Waals surface area contributed by atoms with E-state index in [1.807, 2.05) is 49.4 Å². The van der Waals surface area contributed by atoms with Crippen molar-refractivity contribution in [2.75, 3.05) is 13.7 Å². The molecule has 1 heterocycles. The zero-order valence-corrected chi connectivity index (χ0v) is 12.5. The molecule has 1 aromatic heterocycles. The Kier molecular flexibility index (Phi) is 3.83. The molecule has 0 N–H and O–H groups in total. The number of methoxy groups -OCH3 is 1. The largest absolute Gasteiger partial charge is 0.494 e. The first-order valence-electron chi connectivity index (χ1n) is 7.07. The van der Waals surface area contributed by atoms with Gasteiger partial charge in [0.25, 0.3) is 0 Å². The fraction of sp³-hybridized carbons (Fsp3) is 0.167. The predicted molar refractivity (Wildman–Crippen MR) is 85.6 cm³/mol. The highest BCUT2D eigenvalue weighted by Crippen LogP contribution is 2.28. The molecule has 3 rings (SSSR count). The molecule has 0 bridgehead atoms. The minimum Gasteiger partial charge on any atom is -0.494 e. The van der Waals surface area contributed by atoms with Crippen LogP contribution in [0, 0.1) is 0 Å². The Labute approximate surface area is 127 Å². The molecule has 112 valence electrons. The SMILES string of the molecule is CCOc1ccc(-c2cc3cccc(OC)c3oc2=O)cc1. The van der Waals surface area contributed by atoms with Crippen LogP contribution in [0.2, 0.25) is 0 Å². The minimum atomic E-state index is -0.388. The maximum atomic E-state index is 12.3. The van der Waals surface area contributed by atoms with Crippen LogP contribution in [0.1, 0.15) is 6.92 Å². The second kappa shape index (κ2) is 5.93. The normalized spacial score (nSPS) is 10.6. The van der Waals surface area contributed by atoms with Crippen molar-refractivity contribution in [2.45, 2.75) is 6.92 Å². The van der Waals surface area contributed by atoms with Crippen molar-refractivity contribution < 1.29 is 13.9 Å². The first-order chi connectivity index (χ1) is 10.7. The Hall–Kier alpha value is -2.75. The van der Waals surface area contributed by atoms with Crippen LogP contribution >= 0.6 is 0 Å². The minimum absolute atomic E-state index is 0.388. The quantitative estimate of drug-likeness (QED) is 0.686. The standard InChI is InChI=1S/C18H16O4/c1-3-21-14-9-7-12(8-10-14)15-11-13-5-4-6-16(20-2)17(13)22-18(15)19/h4-11H,3H2,1-2H3. The third-order valence-corrected chi connectivity index (χ3v) is 3.42. The Morgan fingerprint density at radius 1 is 1.09 bits per heavy atom. The van der Waals surface area contributed by atoms with Gasteiger partial charge in [-0.1, -0.05) is 24.3 Å². The molecular weight excluding hydrogens is 280 g/mol. The highest BCUT2D eigenvalue weighted by atomic mass is 16.5. The number of rotatable bonds is 4. The third-order valence-electron chi connectivity index (χ3n) is 3.42. The van der Waals surface area contributed by atoms with Crippen molar-refractivity contribution in [3.05, 3.63) is 59.0 Å². The lowest BCUT2D eigenvalue weighted by atomic mass is 10.1. The van der Waals surface area contributed by atoms with Crippen LogP contribution in [0.4, 0.5) is 0 Å². The van der Waals surface area contributed by atoms with Gasteiger partial charge in [0.1, 0.15) is 5.75 Å². The summed E-state index contributed by atoms with van der Waals surface area (Å²) in [5, 5.41) is 0.822. The number of ether oxygens (including phenoxy) is 2. The topological polar surface area (TPSA) is 48.7 Å². The zero-order valence-electron chi connectivity index (χ0n) is 12.5. The molecule has 0 aliphatic rings. The monoisotopic (exact) mass is 296 g/mol. The van der Waals surface area contributed by atoms with Gasteiger partial charge in [0, 0.05) is 5.39 Å². The molecule has 0 fully saturated rings. The predicted octanol–water partition coefficient (Wildman–Crippen LogP) is 3.87. The van der Waals surface area contributed by atoms with Gasteiger partial charge in [-0.2, -0.15) is 0 Å². The molecule has 0 saturated carbocycles. The van der Waals surface area contributed by atoms with Crippen molar-refractivity contribution in [1.82, 2.24) is 0 Å². The van der Waals surface area contributed by atoms with E-state index >= 15 is 0 Å². The van der Waals surface area contributed by atoms with Gasteiger partial charge in [0.05, 0.1) is 19.3 Å². The molecule has 3 aromatic rings. The van der Waals surface area contributed by atoms with Crippen LogP contribution < -0.4 is 15.1 Å². The molecule has 0 unspecified atom stereocenters. The summed E-state index contributed by atoms with van der Waals surface area (Å²) in [5.74, 6) is 1.32. The van der Waals surface area contributed by atoms with Crippen LogP contribution in [0.5, 0.6) is 11.5 Å². The maximum Gasteiger partial charge on any atom is 0.344 e. The average Bonchev–Trinajstić information content (AvgIpc) is 2.55. The van der Waals surface area contributed by atoms with Gasteiger partial charge in [-0.25, -0.2) is 4.79 Å². The summed E-state index contributed by atoms with van der Waals surface area (Å²) in [6.07, 6.45) is 0. The summed E-state index contributed by atoms with van der Waals surface area (Å²) in [7, 11) is 1.55. The second-order valence-electron chi connectivity index (χ2n) is 4.78. The third kappa shape index (κ3) is 2.55. The maximum absolute atomic E-state index is 12.3. The van der Waals surface area contributed by atoms with E-state index in [1.54, 1.807) is 13.2 Å². The molecule has 0 amide bonds. The number of hydrogen-bond acceptors (Lipinski definition) is 4. The zero-order chi connectivity index (χ0) is 15.5. The Morgan fingerprint density at radius 3 is 2.55 bits per heavy atom. The van der Waals surface area contributed by atoms with E-state index in [-0.39, 0.29) is 5.63 Å². The molecule has 0 aliphatic carbocycles. The smallest absolute Gasteiger partial charge is 0.344 e. The molecule has 0 radical (unpaired) electrons. The van der Waals surface area contributed by atoms with Gasteiger partial charge >= 0.3 is 5.63 Å². The lowest BCUT2D eigenvalue weighted by Crippen LogP contribution is -2.03. The molecule has 2 aromatic carbocycles. The van der Waals surface area contributed by atoms with Gasteiger partial charge in [0.2, 0.25) is 0 Å². The van der Waals surface area contributed by atoms with Crippen LogP contribution in [0.3, 0.4) is 0 Å². The number of hydrogen-bond donors (Lipinski definition) is 0. The lowest BCUT2D eigenvalue weighted by molar-refractivity contribution is 0.340. The van der Waals surface area contributed by atoms with E-state index in [0.717, 1.165) is 16.7 Å². The molecular formula is C18H16O4. The van der Waals surface area contributed by atoms with Gasteiger partial charge in [0.15, 0.2) is 11.3 Å². The molecule has 4 heteroatoms. The van der Waals surface area contributed by atoms with E-state index < -0.39 is 0 Å². The first kappa shape index (κ1) is 14.2. The van der Waals surface area contributed by atoms with Crippen molar-refractivity contribution in [3.63, 3.8) is 0 Å². The Balaban J connectivity index is 2.11. The number of fused-ring (bicyclic) bond motifs is 1. The number of benzene rings is 2. The fourth-order valence-electron chi connectivity index (χ4n) is 2.38. The first-order valence-corrected chi connectivity index (χ1v) is 7.07. The lowest BCUT2D eigenvalue weighted by Gasteiger charge is -2.07. The summed E-state index contributed by atoms with van der Waals surface area (Å²) < 4.78 is 16.1. The van der Waals surface area contributed by atoms with E-state index in [9.17, 15) is 4.79 Å². The molecule has 0 atom stereocenters. The highest BCUT2D eigenvalue weighted by molar-refractivity contribution is 5.86. The van der Waals surface area contributed by atoms with Gasteiger partial charge in [-0.15, -0.1) is 0 Å². The summed E-state index contributed by atoms with van der Waals surface area (Å²) in [4.78, 5) is 12.3. The molecule has 0 saturated heterocycles. The van der Waals surface area contributed by atoms with E-state index in [4.69, 9.17) is 13.9 Å². The Morgan fingerprint density at radius 2 is 1.86 bits per heavy atom. The fourth-order valence-corrected chi connectivity index (χ4v) is 2.38. The molecule has 0 spiro atoms. The van der Waals surface area contributed by atoms with Crippen molar-refractivity contribution in [3.8, 4) is 22.6 Å². The molecule has 4 nitrogen and oxygen atoms in total. The average molecular weight is 296 g/mol. The summed E-state index contributed by atoms with van der Waals surface area (Å²) in [5.41, 5.74) is 1.39. The van der Waals surface area contributed by atoms with Crippen LogP contribution in [-0.2, 0) is 0 Å². The molecule has 0 aliphatic heterocycles. The van der Waals surface area contributed by atoms with Gasteiger partial charge in [-0.3, -0.25) is 0 Å². The second-order valence-corrected chi connectivity index (χ2v) is 4.78. The van der Waals surface area contributed by atoms with Crippen molar-refractivity contribution in [2.24, 2.45) is 0 Å². The van der Waals surface area contributed by atoms with Gasteiger partial charge < -0.3 is 13.9 Å². The summed E-state index contributed by atoms with van der Waals surface area (Å²) >= 11 is 0. The van der Waals surface area contributed by atoms with Gasteiger partial charge in [-0.05, 0) is 36.8 Å². The van der Waals surface area contributed by atoms with Crippen molar-refractivity contribution >= 4 is 11.0 Å². The number of para-hydroxylation sites is 1. The van der Waals surface area contributed by atoms with Crippen LogP contribution in [0.25, 0.3) is 22.1 Å². The van der Waals surface area contributed by atoms with E-state index in [0.29, 0.717) is 23.5 Å². The van der Waals surface area contributed by atoms with Crippen LogP contribution in [0.15, 0.2) is 57.7 Å². The van der Waals surface area contributed by atoms with Crippen molar-refractivity contribution in [1.29, 1.82) is 0 Å². The summed E-state index contributed by atoms with van der Waals surface area (Å²) in [6, 6.07) is 14.7. The van der Waals surface area contributed by atoms with E-state index in [2.05, 4.69) is 0 Å². The highest BCUT2D eigenvalue weighted by Gasteiger charge is 2.10.